The van der Waals surface area contributed by atoms with Crippen molar-refractivity contribution in [2.75, 3.05) is 6.61 Å². The van der Waals surface area contributed by atoms with Crippen molar-refractivity contribution in [3.05, 3.63) is 22.8 Å². The molecule has 4 aliphatic carbocycles. The summed E-state index contributed by atoms with van der Waals surface area (Å²) >= 11 is 6.02. The number of Topliss-reactive ketones (excluding diaryl/α,β-unsaturated/α-hetero) is 1. The van der Waals surface area contributed by atoms with Gasteiger partial charge in [0.1, 0.15) is 18.4 Å². The molecule has 9 atom stereocenters. The molecule has 0 radical (unpaired) electrons. The molecule has 8 heteroatoms. The normalized spacial score (nSPS) is 52.7. The van der Waals surface area contributed by atoms with E-state index in [2.05, 4.69) is 0 Å². The van der Waals surface area contributed by atoms with Crippen molar-refractivity contribution in [3.63, 3.8) is 0 Å². The lowest BCUT2D eigenvalue weighted by Crippen LogP contribution is -2.70. The maximum atomic E-state index is 17.0. The fourth-order valence-corrected chi connectivity index (χ4v) is 7.58. The second-order valence-electron chi connectivity index (χ2n) is 9.96. The zero-order valence-electron chi connectivity index (χ0n) is 17.2. The topological polar surface area (TPSA) is 94.8 Å². The Labute approximate surface area is 178 Å². The van der Waals surface area contributed by atoms with Crippen LogP contribution in [0.3, 0.4) is 0 Å². The second-order valence-corrected chi connectivity index (χ2v) is 10.4. The molecule has 4 aliphatic rings. The summed E-state index contributed by atoms with van der Waals surface area (Å²) in [5, 5.41) is 31.7. The lowest BCUT2D eigenvalue weighted by molar-refractivity contribution is -0.223. The van der Waals surface area contributed by atoms with Crippen LogP contribution in [0.2, 0.25) is 0 Å². The Morgan fingerprint density at radius 1 is 1.30 bits per heavy atom. The molecule has 3 saturated carbocycles. The first-order valence-corrected chi connectivity index (χ1v) is 10.7. The summed E-state index contributed by atoms with van der Waals surface area (Å²) in [7, 11) is 0. The Morgan fingerprint density at radius 3 is 2.53 bits per heavy atom. The van der Waals surface area contributed by atoms with Gasteiger partial charge >= 0.3 is 0 Å². The lowest BCUT2D eigenvalue weighted by Gasteiger charge is -2.63. The second kappa shape index (κ2) is 6.44. The fourth-order valence-electron chi connectivity index (χ4n) is 7.31. The Bertz CT molecular complexity index is 889. The smallest absolute Gasteiger partial charge is 0.196 e. The number of alkyl halides is 2. The minimum Gasteiger partial charge on any atom is -0.390 e. The zero-order chi connectivity index (χ0) is 22.4. The molecule has 0 heterocycles. The van der Waals surface area contributed by atoms with Crippen LogP contribution in [0.5, 0.6) is 0 Å². The van der Waals surface area contributed by atoms with E-state index >= 15 is 8.78 Å². The SMILES string of the molecule is CC1C[C@H]2[C@@H]3C[C@H](F)C4=CC(=O)C(Cl)=C[C@]4(C)[C@@]3(F)[C@@H](O)C[C@]2(C)[C@@]1(O)C(=O)CO. The molecule has 30 heavy (non-hydrogen) atoms. The van der Waals surface area contributed by atoms with Crippen LogP contribution in [0.15, 0.2) is 22.8 Å². The first-order valence-electron chi connectivity index (χ1n) is 10.3. The monoisotopic (exact) mass is 444 g/mol. The highest BCUT2D eigenvalue weighted by molar-refractivity contribution is 6.44. The van der Waals surface area contributed by atoms with Gasteiger partial charge in [-0.15, -0.1) is 0 Å². The predicted molar refractivity (Wildman–Crippen MR) is 105 cm³/mol. The van der Waals surface area contributed by atoms with Crippen LogP contribution in [0.1, 0.15) is 40.0 Å². The number of carbonyl (C=O) groups is 2. The Balaban J connectivity index is 1.89. The molecule has 0 aliphatic heterocycles. The summed E-state index contributed by atoms with van der Waals surface area (Å²) in [6, 6.07) is 0. The third-order valence-corrected chi connectivity index (χ3v) is 9.13. The minimum absolute atomic E-state index is 0.0361. The van der Waals surface area contributed by atoms with Gasteiger partial charge in [-0.2, -0.15) is 0 Å². The van der Waals surface area contributed by atoms with Gasteiger partial charge in [0.25, 0.3) is 0 Å². The van der Waals surface area contributed by atoms with Crippen LogP contribution >= 0.6 is 11.6 Å². The van der Waals surface area contributed by atoms with Crippen molar-refractivity contribution in [1.82, 2.24) is 0 Å². The van der Waals surface area contributed by atoms with Crippen LogP contribution in [-0.2, 0) is 9.59 Å². The van der Waals surface area contributed by atoms with Crippen LogP contribution < -0.4 is 0 Å². The van der Waals surface area contributed by atoms with Crippen molar-refractivity contribution >= 4 is 23.2 Å². The molecule has 0 aromatic carbocycles. The Hall–Kier alpha value is -1.15. The Morgan fingerprint density at radius 2 is 1.93 bits per heavy atom. The van der Waals surface area contributed by atoms with E-state index in [0.717, 1.165) is 6.08 Å². The first-order chi connectivity index (χ1) is 13.8. The predicted octanol–water partition coefficient (Wildman–Crippen LogP) is 2.41. The van der Waals surface area contributed by atoms with Gasteiger partial charge in [0.15, 0.2) is 17.2 Å². The Kier molecular flexibility index (Phi) is 4.73. The van der Waals surface area contributed by atoms with Crippen molar-refractivity contribution in [1.29, 1.82) is 0 Å². The molecule has 3 N–H and O–H groups in total. The molecule has 1 unspecified atom stereocenters. The van der Waals surface area contributed by atoms with Crippen LogP contribution in [0.25, 0.3) is 0 Å². The summed E-state index contributed by atoms with van der Waals surface area (Å²) in [6.07, 6.45) is -1.28. The van der Waals surface area contributed by atoms with E-state index in [-0.39, 0.29) is 29.9 Å². The number of aliphatic hydroxyl groups excluding tert-OH is 2. The maximum absolute atomic E-state index is 17.0. The molecule has 0 aromatic rings. The molecular weight excluding hydrogens is 418 g/mol. The van der Waals surface area contributed by atoms with E-state index in [1.165, 1.54) is 13.0 Å². The number of aliphatic hydroxyl groups is 3. The largest absolute Gasteiger partial charge is 0.390 e. The van der Waals surface area contributed by atoms with E-state index in [1.54, 1.807) is 13.8 Å². The van der Waals surface area contributed by atoms with Crippen molar-refractivity contribution in [2.45, 2.75) is 63.6 Å². The van der Waals surface area contributed by atoms with Crippen LogP contribution in [0.4, 0.5) is 8.78 Å². The van der Waals surface area contributed by atoms with Gasteiger partial charge in [-0.05, 0) is 55.7 Å². The molecule has 4 rings (SSSR count). The van der Waals surface area contributed by atoms with Gasteiger partial charge < -0.3 is 15.3 Å². The van der Waals surface area contributed by atoms with E-state index in [9.17, 15) is 24.9 Å². The minimum atomic E-state index is -2.33. The fraction of sp³-hybridized carbons (Fsp3) is 0.727. The highest BCUT2D eigenvalue weighted by Gasteiger charge is 2.76. The molecule has 0 amide bonds. The van der Waals surface area contributed by atoms with Gasteiger partial charge in [-0.25, -0.2) is 8.78 Å². The van der Waals surface area contributed by atoms with Gasteiger partial charge in [-0.3, -0.25) is 9.59 Å². The number of halogens is 3. The summed E-state index contributed by atoms with van der Waals surface area (Å²) in [5.74, 6) is -3.59. The molecule has 0 bridgehead atoms. The maximum Gasteiger partial charge on any atom is 0.196 e. The summed E-state index contributed by atoms with van der Waals surface area (Å²) in [4.78, 5) is 24.6. The highest BCUT2D eigenvalue weighted by atomic mass is 35.5. The quantitative estimate of drug-likeness (QED) is 0.608. The standard InChI is InChI=1S/C22H27ClF2O5/c1-10-4-11-12-5-15(24)13-6-16(27)14(23)7-19(13,2)21(12,25)17(28)8-20(11,3)22(10,30)18(29)9-26/h6-7,10-12,15,17,26,28,30H,4-5,8-9H2,1-3H3/t10?,11-,12-,15-,17-,19-,20-,21-,22-/m0/s1. The zero-order valence-corrected chi connectivity index (χ0v) is 17.9. The van der Waals surface area contributed by atoms with Gasteiger partial charge in [0, 0.05) is 16.7 Å². The molecule has 5 nitrogen and oxygen atoms in total. The number of hydrogen-bond donors (Lipinski definition) is 3. The average molecular weight is 445 g/mol. The van der Waals surface area contributed by atoms with Gasteiger partial charge in [0.05, 0.1) is 11.1 Å². The van der Waals surface area contributed by atoms with Crippen molar-refractivity contribution < 1.29 is 33.7 Å². The number of allylic oxidation sites excluding steroid dienone is 4. The summed E-state index contributed by atoms with van der Waals surface area (Å²) in [5.41, 5.74) is -7.19. The molecule has 166 valence electrons. The third-order valence-electron chi connectivity index (χ3n) is 8.84. The number of fused-ring (bicyclic) bond motifs is 5. The highest BCUT2D eigenvalue weighted by Crippen LogP contribution is 2.71. The van der Waals surface area contributed by atoms with E-state index in [0.29, 0.717) is 0 Å². The lowest BCUT2D eigenvalue weighted by atomic mass is 9.44. The van der Waals surface area contributed by atoms with Gasteiger partial charge in [-0.1, -0.05) is 25.4 Å². The molecule has 0 aromatic heterocycles. The molecular formula is C22H27ClF2O5. The number of carbonyl (C=O) groups excluding carboxylic acids is 2. The van der Waals surface area contributed by atoms with Crippen molar-refractivity contribution in [2.24, 2.45) is 28.6 Å². The third kappa shape index (κ3) is 2.27. The average Bonchev–Trinajstić information content (AvgIpc) is 2.87. The number of ketones is 2. The van der Waals surface area contributed by atoms with Crippen LogP contribution in [0, 0.1) is 28.6 Å². The first kappa shape index (κ1) is 22.1. The van der Waals surface area contributed by atoms with E-state index < -0.39 is 70.3 Å². The van der Waals surface area contributed by atoms with Crippen LogP contribution in [-0.4, -0.2) is 57.0 Å². The van der Waals surface area contributed by atoms with E-state index in [1.807, 2.05) is 0 Å². The molecule has 0 spiro atoms. The van der Waals surface area contributed by atoms with Gasteiger partial charge in [0.2, 0.25) is 0 Å². The summed E-state index contributed by atoms with van der Waals surface area (Å²) in [6.45, 7) is 3.84. The van der Waals surface area contributed by atoms with Crippen molar-refractivity contribution in [3.8, 4) is 0 Å². The number of rotatable bonds is 2. The molecule has 0 saturated heterocycles. The summed E-state index contributed by atoms with van der Waals surface area (Å²) < 4.78 is 32.3. The molecule has 3 fully saturated rings. The number of hydrogen-bond acceptors (Lipinski definition) is 5. The van der Waals surface area contributed by atoms with E-state index in [4.69, 9.17) is 11.6 Å².